The average molecular weight is 245 g/mol. The minimum atomic E-state index is 0.550. The highest BCUT2D eigenvalue weighted by molar-refractivity contribution is 6.35. The van der Waals surface area contributed by atoms with E-state index in [1.807, 2.05) is 30.3 Å². The van der Waals surface area contributed by atoms with E-state index in [0.29, 0.717) is 16.7 Å². The second-order valence-corrected chi connectivity index (χ2v) is 4.01. The summed E-state index contributed by atoms with van der Waals surface area (Å²) in [5.74, 6) is 0.623. The van der Waals surface area contributed by atoms with E-state index >= 15 is 0 Å². The fourth-order valence-electron chi connectivity index (χ4n) is 1.76. The highest BCUT2D eigenvalue weighted by atomic mass is 35.5. The normalized spacial score (nSPS) is 14.5. The van der Waals surface area contributed by atoms with Gasteiger partial charge < -0.3 is 5.32 Å². The van der Waals surface area contributed by atoms with Crippen molar-refractivity contribution < 1.29 is 0 Å². The summed E-state index contributed by atoms with van der Waals surface area (Å²) >= 11 is 6.28. The number of anilines is 1. The zero-order valence-corrected chi connectivity index (χ0v) is 9.65. The van der Waals surface area contributed by atoms with Crippen molar-refractivity contribution in [1.82, 2.24) is 14.8 Å². The van der Waals surface area contributed by atoms with Crippen molar-refractivity contribution in [3.05, 3.63) is 59.5 Å². The van der Waals surface area contributed by atoms with Crippen LogP contribution >= 0.6 is 11.6 Å². The van der Waals surface area contributed by atoms with Crippen molar-refractivity contribution in [3.63, 3.8) is 0 Å². The number of allylic oxidation sites excluding steroid dienone is 1. The minimum Gasteiger partial charge on any atom is -0.323 e. The molecule has 0 unspecified atom stereocenters. The molecule has 1 aromatic heterocycles. The lowest BCUT2D eigenvalue weighted by atomic mass is 10.1. The summed E-state index contributed by atoms with van der Waals surface area (Å²) in [6.07, 6.45) is 1.48. The molecule has 5 heteroatoms. The molecule has 0 saturated carbocycles. The molecular formula is C12H9ClN4. The third-order valence-electron chi connectivity index (χ3n) is 2.54. The van der Waals surface area contributed by atoms with E-state index in [9.17, 15) is 0 Å². The molecule has 0 radical (unpaired) electrons. The second kappa shape index (κ2) is 3.75. The molecule has 0 fully saturated rings. The summed E-state index contributed by atoms with van der Waals surface area (Å²) in [5, 5.41) is 7.70. The molecule has 0 amide bonds. The van der Waals surface area contributed by atoms with Gasteiger partial charge in [-0.15, -0.1) is 0 Å². The third kappa shape index (κ3) is 1.54. The number of aromatic nitrogens is 3. The Morgan fingerprint density at radius 1 is 1.24 bits per heavy atom. The van der Waals surface area contributed by atoms with Crippen molar-refractivity contribution in [3.8, 4) is 0 Å². The fraction of sp³-hybridized carbons (Fsp3) is 0. The SMILES string of the molecule is C=C1Nc2ncnn2C(c2ccccc2)=C1Cl. The topological polar surface area (TPSA) is 42.7 Å². The molecule has 1 aromatic carbocycles. The Hall–Kier alpha value is -2.07. The third-order valence-corrected chi connectivity index (χ3v) is 2.95. The molecule has 4 nitrogen and oxygen atoms in total. The van der Waals surface area contributed by atoms with Gasteiger partial charge in [-0.25, -0.2) is 0 Å². The second-order valence-electron chi connectivity index (χ2n) is 3.63. The molecule has 2 heterocycles. The van der Waals surface area contributed by atoms with E-state index in [0.717, 1.165) is 11.3 Å². The molecule has 0 atom stereocenters. The molecule has 1 N–H and O–H groups in total. The van der Waals surface area contributed by atoms with Crippen LogP contribution in [0, 0.1) is 0 Å². The first kappa shape index (κ1) is 10.1. The van der Waals surface area contributed by atoms with E-state index < -0.39 is 0 Å². The monoisotopic (exact) mass is 244 g/mol. The van der Waals surface area contributed by atoms with Crippen LogP contribution in [0.15, 0.2) is 54.0 Å². The van der Waals surface area contributed by atoms with Crippen LogP contribution < -0.4 is 5.32 Å². The van der Waals surface area contributed by atoms with Gasteiger partial charge in [0.15, 0.2) is 0 Å². The zero-order valence-electron chi connectivity index (χ0n) is 8.89. The van der Waals surface area contributed by atoms with Gasteiger partial charge in [0.2, 0.25) is 5.95 Å². The Labute approximate surface area is 103 Å². The standard InChI is InChI=1S/C12H9ClN4/c1-8-10(13)11(9-5-3-2-4-6-9)17-12(16-8)14-7-15-17/h2-7H,1H2,(H,14,15,16). The Balaban J connectivity index is 2.26. The number of hydrogen-bond donors (Lipinski definition) is 1. The van der Waals surface area contributed by atoms with Gasteiger partial charge in [0.1, 0.15) is 6.33 Å². The van der Waals surface area contributed by atoms with Gasteiger partial charge in [-0.3, -0.25) is 0 Å². The fourth-order valence-corrected chi connectivity index (χ4v) is 2.00. The summed E-state index contributed by atoms with van der Waals surface area (Å²) in [5.41, 5.74) is 2.40. The van der Waals surface area contributed by atoms with E-state index in [2.05, 4.69) is 22.0 Å². The maximum atomic E-state index is 6.28. The number of fused-ring (bicyclic) bond motifs is 1. The van der Waals surface area contributed by atoms with E-state index in [1.54, 1.807) is 4.68 Å². The Bertz CT molecular complexity index is 612. The van der Waals surface area contributed by atoms with Crippen LogP contribution in [0.4, 0.5) is 5.95 Å². The van der Waals surface area contributed by atoms with Crippen molar-refractivity contribution in [2.45, 2.75) is 0 Å². The quantitative estimate of drug-likeness (QED) is 0.839. The highest BCUT2D eigenvalue weighted by Gasteiger charge is 2.22. The minimum absolute atomic E-state index is 0.550. The zero-order chi connectivity index (χ0) is 11.8. The first-order chi connectivity index (χ1) is 8.27. The lowest BCUT2D eigenvalue weighted by Gasteiger charge is -2.20. The molecule has 1 aliphatic rings. The number of halogens is 1. The predicted octanol–water partition coefficient (Wildman–Crippen LogP) is 2.67. The Morgan fingerprint density at radius 2 is 2.00 bits per heavy atom. The summed E-state index contributed by atoms with van der Waals surface area (Å²) in [6.45, 7) is 3.87. The first-order valence-corrected chi connectivity index (χ1v) is 5.47. The van der Waals surface area contributed by atoms with E-state index in [1.165, 1.54) is 6.33 Å². The van der Waals surface area contributed by atoms with Crippen LogP contribution in [0.3, 0.4) is 0 Å². The predicted molar refractivity (Wildman–Crippen MR) is 67.4 cm³/mol. The molecule has 2 aromatic rings. The number of benzene rings is 1. The summed E-state index contributed by atoms with van der Waals surface area (Å²) < 4.78 is 1.67. The molecule has 0 aliphatic carbocycles. The van der Waals surface area contributed by atoms with Gasteiger partial charge in [-0.05, 0) is 0 Å². The maximum absolute atomic E-state index is 6.28. The molecule has 3 rings (SSSR count). The number of hydrogen-bond acceptors (Lipinski definition) is 3. The van der Waals surface area contributed by atoms with Crippen molar-refractivity contribution in [2.24, 2.45) is 0 Å². The summed E-state index contributed by atoms with van der Waals surface area (Å²) in [4.78, 5) is 4.10. The highest BCUT2D eigenvalue weighted by Crippen LogP contribution is 2.33. The number of nitrogens with one attached hydrogen (secondary N) is 1. The molecule has 0 saturated heterocycles. The summed E-state index contributed by atoms with van der Waals surface area (Å²) in [6, 6.07) is 9.81. The van der Waals surface area contributed by atoms with E-state index in [-0.39, 0.29) is 0 Å². The van der Waals surface area contributed by atoms with Gasteiger partial charge in [-0.2, -0.15) is 14.8 Å². The largest absolute Gasteiger partial charge is 0.323 e. The molecular weight excluding hydrogens is 236 g/mol. The van der Waals surface area contributed by atoms with Crippen LogP contribution in [0.1, 0.15) is 5.56 Å². The smallest absolute Gasteiger partial charge is 0.230 e. The van der Waals surface area contributed by atoms with Crippen LogP contribution in [0.5, 0.6) is 0 Å². The van der Waals surface area contributed by atoms with Gasteiger partial charge in [0.25, 0.3) is 0 Å². The van der Waals surface area contributed by atoms with Crippen molar-refractivity contribution in [2.75, 3.05) is 5.32 Å². The molecule has 0 bridgehead atoms. The van der Waals surface area contributed by atoms with Gasteiger partial charge in [0.05, 0.1) is 16.4 Å². The lowest BCUT2D eigenvalue weighted by molar-refractivity contribution is 0.894. The molecule has 0 spiro atoms. The maximum Gasteiger partial charge on any atom is 0.230 e. The van der Waals surface area contributed by atoms with Crippen molar-refractivity contribution in [1.29, 1.82) is 0 Å². The summed E-state index contributed by atoms with van der Waals surface area (Å²) in [7, 11) is 0. The van der Waals surface area contributed by atoms with Crippen LogP contribution in [-0.2, 0) is 0 Å². The van der Waals surface area contributed by atoms with E-state index in [4.69, 9.17) is 11.6 Å². The average Bonchev–Trinajstić information content (AvgIpc) is 2.79. The first-order valence-electron chi connectivity index (χ1n) is 5.09. The van der Waals surface area contributed by atoms with Crippen LogP contribution in [-0.4, -0.2) is 14.8 Å². The molecule has 17 heavy (non-hydrogen) atoms. The van der Waals surface area contributed by atoms with Gasteiger partial charge >= 0.3 is 0 Å². The van der Waals surface area contributed by atoms with Gasteiger partial charge in [0, 0.05) is 5.56 Å². The number of rotatable bonds is 1. The Kier molecular flexibility index (Phi) is 2.23. The lowest BCUT2D eigenvalue weighted by Crippen LogP contribution is -2.16. The molecule has 1 aliphatic heterocycles. The number of nitrogens with zero attached hydrogens (tertiary/aromatic N) is 3. The Morgan fingerprint density at radius 3 is 2.76 bits per heavy atom. The van der Waals surface area contributed by atoms with Crippen LogP contribution in [0.25, 0.3) is 5.70 Å². The van der Waals surface area contributed by atoms with Crippen LogP contribution in [0.2, 0.25) is 0 Å². The van der Waals surface area contributed by atoms with Crippen molar-refractivity contribution >= 4 is 23.2 Å². The molecule has 84 valence electrons. The van der Waals surface area contributed by atoms with Gasteiger partial charge in [-0.1, -0.05) is 48.5 Å².